The van der Waals surface area contributed by atoms with Crippen LogP contribution in [0, 0.1) is 0 Å². The van der Waals surface area contributed by atoms with Crippen molar-refractivity contribution in [3.63, 3.8) is 0 Å². The normalized spacial score (nSPS) is 17.6. The number of hydrogen-bond donors (Lipinski definition) is 2. The Balaban J connectivity index is 2.30. The zero-order valence-corrected chi connectivity index (χ0v) is 8.59. The van der Waals surface area contributed by atoms with Crippen molar-refractivity contribution in [2.45, 2.75) is 32.4 Å². The molecular weight excluding hydrogens is 174 g/mol. The zero-order valence-electron chi connectivity index (χ0n) is 8.59. The Labute approximate surface area is 85.0 Å². The van der Waals surface area contributed by atoms with Crippen LogP contribution in [0.25, 0.3) is 0 Å². The molecule has 2 nitrogen and oxygen atoms in total. The van der Waals surface area contributed by atoms with Gasteiger partial charge in [0.25, 0.3) is 0 Å². The fourth-order valence-electron chi connectivity index (χ4n) is 2.12. The van der Waals surface area contributed by atoms with E-state index < -0.39 is 0 Å². The molecule has 1 aromatic carbocycles. The zero-order chi connectivity index (χ0) is 9.97. The van der Waals surface area contributed by atoms with Crippen molar-refractivity contribution >= 4 is 0 Å². The molecule has 1 unspecified atom stereocenters. The maximum atomic E-state index is 9.39. The standard InChI is InChI=1S/C12H17NO/c1-9(14)7-10-3-2-4-11-8-13-6-5-12(10)11/h2-4,9,13-14H,5-8H2,1H3. The summed E-state index contributed by atoms with van der Waals surface area (Å²) < 4.78 is 0. The molecule has 14 heavy (non-hydrogen) atoms. The van der Waals surface area contributed by atoms with Gasteiger partial charge in [0.2, 0.25) is 0 Å². The number of aliphatic hydroxyl groups is 1. The molecule has 0 saturated heterocycles. The second kappa shape index (κ2) is 4.11. The van der Waals surface area contributed by atoms with Crippen molar-refractivity contribution in [1.29, 1.82) is 0 Å². The molecule has 0 amide bonds. The highest BCUT2D eigenvalue weighted by molar-refractivity contribution is 5.37. The quantitative estimate of drug-likeness (QED) is 0.737. The van der Waals surface area contributed by atoms with Crippen molar-refractivity contribution in [1.82, 2.24) is 5.32 Å². The summed E-state index contributed by atoms with van der Waals surface area (Å²) in [7, 11) is 0. The van der Waals surface area contributed by atoms with Gasteiger partial charge in [-0.15, -0.1) is 0 Å². The number of benzene rings is 1. The van der Waals surface area contributed by atoms with Gasteiger partial charge in [0.05, 0.1) is 6.10 Å². The minimum absolute atomic E-state index is 0.239. The second-order valence-corrected chi connectivity index (χ2v) is 4.03. The number of aliphatic hydroxyl groups excluding tert-OH is 1. The second-order valence-electron chi connectivity index (χ2n) is 4.03. The van der Waals surface area contributed by atoms with E-state index in [4.69, 9.17) is 0 Å². The lowest BCUT2D eigenvalue weighted by molar-refractivity contribution is 0.195. The average molecular weight is 191 g/mol. The van der Waals surface area contributed by atoms with Gasteiger partial charge in [-0.3, -0.25) is 0 Å². The van der Waals surface area contributed by atoms with E-state index in [-0.39, 0.29) is 6.10 Å². The third-order valence-corrected chi connectivity index (χ3v) is 2.75. The summed E-state index contributed by atoms with van der Waals surface area (Å²) in [6.07, 6.45) is 1.64. The fraction of sp³-hybridized carbons (Fsp3) is 0.500. The molecule has 1 heterocycles. The smallest absolute Gasteiger partial charge is 0.0552 e. The topological polar surface area (TPSA) is 32.3 Å². The van der Waals surface area contributed by atoms with E-state index in [2.05, 4.69) is 23.5 Å². The highest BCUT2D eigenvalue weighted by Crippen LogP contribution is 2.19. The molecule has 0 bridgehead atoms. The van der Waals surface area contributed by atoms with Gasteiger partial charge in [-0.25, -0.2) is 0 Å². The summed E-state index contributed by atoms with van der Waals surface area (Å²) in [5.41, 5.74) is 4.17. The molecule has 0 fully saturated rings. The Bertz CT molecular complexity index is 320. The number of fused-ring (bicyclic) bond motifs is 1. The van der Waals surface area contributed by atoms with E-state index in [1.807, 2.05) is 6.92 Å². The van der Waals surface area contributed by atoms with Crippen molar-refractivity contribution in [3.8, 4) is 0 Å². The molecule has 2 N–H and O–H groups in total. The molecule has 2 rings (SSSR count). The van der Waals surface area contributed by atoms with Crippen LogP contribution in [-0.2, 0) is 19.4 Å². The molecule has 0 saturated carbocycles. The molecule has 1 aromatic rings. The first-order valence-corrected chi connectivity index (χ1v) is 5.26. The number of nitrogens with one attached hydrogen (secondary N) is 1. The van der Waals surface area contributed by atoms with Gasteiger partial charge in [-0.05, 0) is 43.0 Å². The van der Waals surface area contributed by atoms with E-state index >= 15 is 0 Å². The molecule has 0 spiro atoms. The van der Waals surface area contributed by atoms with Crippen LogP contribution in [0.5, 0.6) is 0 Å². The van der Waals surface area contributed by atoms with Gasteiger partial charge in [0.1, 0.15) is 0 Å². The van der Waals surface area contributed by atoms with Crippen molar-refractivity contribution in [2.75, 3.05) is 6.54 Å². The van der Waals surface area contributed by atoms with Gasteiger partial charge in [0, 0.05) is 6.54 Å². The minimum atomic E-state index is -0.239. The molecular formula is C12H17NO. The highest BCUT2D eigenvalue weighted by Gasteiger charge is 2.12. The Morgan fingerprint density at radius 1 is 1.50 bits per heavy atom. The summed E-state index contributed by atoms with van der Waals surface area (Å²) in [6, 6.07) is 6.40. The first-order valence-electron chi connectivity index (χ1n) is 5.26. The Morgan fingerprint density at radius 3 is 3.14 bits per heavy atom. The van der Waals surface area contributed by atoms with Gasteiger partial charge >= 0.3 is 0 Å². The summed E-state index contributed by atoms with van der Waals surface area (Å²) in [6.45, 7) is 3.88. The molecule has 1 aliphatic rings. The van der Waals surface area contributed by atoms with Crippen LogP contribution in [-0.4, -0.2) is 17.8 Å². The summed E-state index contributed by atoms with van der Waals surface area (Å²) in [4.78, 5) is 0. The Hall–Kier alpha value is -0.860. The Morgan fingerprint density at radius 2 is 2.36 bits per heavy atom. The van der Waals surface area contributed by atoms with Gasteiger partial charge in [0.15, 0.2) is 0 Å². The Kier molecular flexibility index (Phi) is 2.85. The van der Waals surface area contributed by atoms with E-state index in [1.54, 1.807) is 0 Å². The lowest BCUT2D eigenvalue weighted by Gasteiger charge is -2.20. The van der Waals surface area contributed by atoms with Gasteiger partial charge in [-0.1, -0.05) is 18.2 Å². The van der Waals surface area contributed by atoms with E-state index in [0.29, 0.717) is 0 Å². The monoisotopic (exact) mass is 191 g/mol. The first-order chi connectivity index (χ1) is 6.77. The molecule has 1 aliphatic heterocycles. The van der Waals surface area contributed by atoms with Crippen LogP contribution >= 0.6 is 0 Å². The molecule has 2 heteroatoms. The molecule has 0 aliphatic carbocycles. The number of rotatable bonds is 2. The molecule has 0 radical (unpaired) electrons. The average Bonchev–Trinajstić information content (AvgIpc) is 2.18. The maximum absolute atomic E-state index is 9.39. The predicted molar refractivity (Wildman–Crippen MR) is 57.2 cm³/mol. The van der Waals surface area contributed by atoms with Crippen LogP contribution in [0.15, 0.2) is 18.2 Å². The minimum Gasteiger partial charge on any atom is -0.393 e. The fourth-order valence-corrected chi connectivity index (χ4v) is 2.12. The largest absolute Gasteiger partial charge is 0.393 e. The van der Waals surface area contributed by atoms with Crippen molar-refractivity contribution in [2.24, 2.45) is 0 Å². The van der Waals surface area contributed by atoms with Gasteiger partial charge < -0.3 is 10.4 Å². The van der Waals surface area contributed by atoms with E-state index in [0.717, 1.165) is 25.9 Å². The number of hydrogen-bond acceptors (Lipinski definition) is 2. The highest BCUT2D eigenvalue weighted by atomic mass is 16.3. The summed E-state index contributed by atoms with van der Waals surface area (Å²) >= 11 is 0. The van der Waals surface area contributed by atoms with Crippen LogP contribution < -0.4 is 5.32 Å². The summed E-state index contributed by atoms with van der Waals surface area (Å²) in [5, 5.41) is 12.8. The van der Waals surface area contributed by atoms with E-state index in [9.17, 15) is 5.11 Å². The van der Waals surface area contributed by atoms with Crippen molar-refractivity contribution < 1.29 is 5.11 Å². The summed E-state index contributed by atoms with van der Waals surface area (Å²) in [5.74, 6) is 0. The van der Waals surface area contributed by atoms with Crippen molar-refractivity contribution in [3.05, 3.63) is 34.9 Å². The molecule has 76 valence electrons. The van der Waals surface area contributed by atoms with E-state index in [1.165, 1.54) is 16.7 Å². The van der Waals surface area contributed by atoms with Crippen LogP contribution in [0.4, 0.5) is 0 Å². The van der Waals surface area contributed by atoms with Crippen LogP contribution in [0.1, 0.15) is 23.6 Å². The molecule has 1 atom stereocenters. The molecule has 0 aromatic heterocycles. The van der Waals surface area contributed by atoms with Crippen LogP contribution in [0.2, 0.25) is 0 Å². The lowest BCUT2D eigenvalue weighted by atomic mass is 9.93. The maximum Gasteiger partial charge on any atom is 0.0552 e. The van der Waals surface area contributed by atoms with Gasteiger partial charge in [-0.2, -0.15) is 0 Å². The first kappa shape index (κ1) is 9.69. The predicted octanol–water partition coefficient (Wildman–Crippen LogP) is 1.26. The third-order valence-electron chi connectivity index (χ3n) is 2.75. The SMILES string of the molecule is CC(O)Cc1cccc2c1CCNC2. The lowest BCUT2D eigenvalue weighted by Crippen LogP contribution is -2.25. The van der Waals surface area contributed by atoms with Crippen LogP contribution in [0.3, 0.4) is 0 Å². The third kappa shape index (κ3) is 1.97.